The van der Waals surface area contributed by atoms with Crippen LogP contribution in [0.15, 0.2) is 51.5 Å². The van der Waals surface area contributed by atoms with Crippen molar-refractivity contribution in [3.05, 3.63) is 46.9 Å². The van der Waals surface area contributed by atoms with Gasteiger partial charge in [-0.25, -0.2) is 0 Å². The van der Waals surface area contributed by atoms with Crippen LogP contribution in [0.3, 0.4) is 0 Å². The average molecular weight is 290 g/mol. The van der Waals surface area contributed by atoms with Gasteiger partial charge in [0.15, 0.2) is 5.76 Å². The van der Waals surface area contributed by atoms with E-state index in [1.807, 2.05) is 24.3 Å². The smallest absolute Gasteiger partial charge is 0.175 e. The Kier molecular flexibility index (Phi) is 2.37. The molecule has 0 aliphatic carbocycles. The first kappa shape index (κ1) is 10.4. The molecule has 0 atom stereocenters. The molecule has 0 amide bonds. The van der Waals surface area contributed by atoms with Crippen LogP contribution in [-0.4, -0.2) is 10.3 Å². The van der Waals surface area contributed by atoms with E-state index >= 15 is 0 Å². The summed E-state index contributed by atoms with van der Waals surface area (Å²) in [5.74, 6) is 0.886. The number of fused-ring (bicyclic) bond motifs is 1. The highest BCUT2D eigenvalue weighted by atomic mass is 79.9. The predicted octanol–water partition coefficient (Wildman–Crippen LogP) is 3.96. The number of hydrogen-bond acceptors (Lipinski definition) is 3. The van der Waals surface area contributed by atoms with E-state index in [4.69, 9.17) is 4.52 Å². The van der Waals surface area contributed by atoms with Gasteiger partial charge in [0.1, 0.15) is 11.3 Å². The van der Waals surface area contributed by atoms with Gasteiger partial charge in [0, 0.05) is 16.1 Å². The summed E-state index contributed by atoms with van der Waals surface area (Å²) in [5, 5.41) is 14.2. The average Bonchev–Trinajstić information content (AvgIpc) is 2.72. The molecule has 3 rings (SSSR count). The zero-order chi connectivity index (χ0) is 11.8. The van der Waals surface area contributed by atoms with Gasteiger partial charge in [0.25, 0.3) is 0 Å². The molecule has 0 unspecified atom stereocenters. The van der Waals surface area contributed by atoms with E-state index in [-0.39, 0.29) is 5.75 Å². The first-order chi connectivity index (χ1) is 8.25. The van der Waals surface area contributed by atoms with Gasteiger partial charge >= 0.3 is 0 Å². The fourth-order valence-electron chi connectivity index (χ4n) is 1.77. The molecule has 2 aromatic carbocycles. The summed E-state index contributed by atoms with van der Waals surface area (Å²) in [4.78, 5) is 0. The van der Waals surface area contributed by atoms with Crippen LogP contribution in [0.2, 0.25) is 0 Å². The van der Waals surface area contributed by atoms with Crippen molar-refractivity contribution in [1.29, 1.82) is 0 Å². The lowest BCUT2D eigenvalue weighted by Crippen LogP contribution is -1.77. The van der Waals surface area contributed by atoms with Gasteiger partial charge in [-0.2, -0.15) is 0 Å². The Balaban J connectivity index is 2.29. The minimum absolute atomic E-state index is 0.185. The Morgan fingerprint density at radius 2 is 1.94 bits per heavy atom. The highest BCUT2D eigenvalue weighted by molar-refractivity contribution is 9.10. The van der Waals surface area contributed by atoms with E-state index in [0.29, 0.717) is 11.3 Å². The third-order valence-corrected chi connectivity index (χ3v) is 3.27. The maximum absolute atomic E-state index is 9.37. The molecular weight excluding hydrogens is 282 g/mol. The Morgan fingerprint density at radius 1 is 1.12 bits per heavy atom. The molecule has 1 aromatic heterocycles. The second kappa shape index (κ2) is 3.89. The van der Waals surface area contributed by atoms with E-state index in [0.717, 1.165) is 15.4 Å². The monoisotopic (exact) mass is 289 g/mol. The lowest BCUT2D eigenvalue weighted by Gasteiger charge is -1.99. The van der Waals surface area contributed by atoms with Gasteiger partial charge in [0.05, 0.1) is 5.39 Å². The van der Waals surface area contributed by atoms with Crippen molar-refractivity contribution in [3.63, 3.8) is 0 Å². The molecule has 0 saturated heterocycles. The van der Waals surface area contributed by atoms with Crippen molar-refractivity contribution < 1.29 is 9.63 Å². The first-order valence-corrected chi connectivity index (χ1v) is 5.88. The van der Waals surface area contributed by atoms with Gasteiger partial charge in [-0.3, -0.25) is 0 Å². The van der Waals surface area contributed by atoms with Crippen LogP contribution < -0.4 is 0 Å². The second-order valence-electron chi connectivity index (χ2n) is 3.69. The van der Waals surface area contributed by atoms with E-state index in [1.54, 1.807) is 18.2 Å². The minimum atomic E-state index is 0.185. The molecule has 1 N–H and O–H groups in total. The maximum Gasteiger partial charge on any atom is 0.175 e. The Labute approximate surface area is 106 Å². The Hall–Kier alpha value is -1.81. The number of nitrogens with zero attached hydrogens (tertiary/aromatic N) is 1. The lowest BCUT2D eigenvalue weighted by atomic mass is 10.1. The van der Waals surface area contributed by atoms with Crippen molar-refractivity contribution in [3.8, 4) is 17.1 Å². The van der Waals surface area contributed by atoms with Crippen LogP contribution in [-0.2, 0) is 0 Å². The quantitative estimate of drug-likeness (QED) is 0.737. The minimum Gasteiger partial charge on any atom is -0.508 e. The van der Waals surface area contributed by atoms with Crippen LogP contribution in [0.1, 0.15) is 0 Å². The molecule has 0 fully saturated rings. The van der Waals surface area contributed by atoms with Crippen LogP contribution in [0.4, 0.5) is 0 Å². The third kappa shape index (κ3) is 1.70. The van der Waals surface area contributed by atoms with Crippen molar-refractivity contribution in [1.82, 2.24) is 5.16 Å². The SMILES string of the molecule is Oc1ccc2c(-c3ccccc3Br)onc2c1. The summed E-state index contributed by atoms with van der Waals surface area (Å²) in [6.07, 6.45) is 0. The zero-order valence-corrected chi connectivity index (χ0v) is 10.3. The number of phenols is 1. The molecule has 3 aromatic rings. The molecule has 0 radical (unpaired) electrons. The van der Waals surface area contributed by atoms with E-state index in [9.17, 15) is 5.11 Å². The first-order valence-electron chi connectivity index (χ1n) is 5.09. The van der Waals surface area contributed by atoms with Crippen molar-refractivity contribution in [2.75, 3.05) is 0 Å². The molecule has 0 bridgehead atoms. The molecule has 84 valence electrons. The fraction of sp³-hybridized carbons (Fsp3) is 0. The number of aromatic nitrogens is 1. The molecule has 0 saturated carbocycles. The van der Waals surface area contributed by atoms with E-state index in [2.05, 4.69) is 21.1 Å². The highest BCUT2D eigenvalue weighted by Crippen LogP contribution is 2.34. The molecular formula is C13H8BrNO2. The summed E-state index contributed by atoms with van der Waals surface area (Å²) in [6, 6.07) is 12.8. The van der Waals surface area contributed by atoms with Gasteiger partial charge in [-0.05, 0) is 24.3 Å². The molecule has 4 heteroatoms. The van der Waals surface area contributed by atoms with Gasteiger partial charge in [0.2, 0.25) is 0 Å². The third-order valence-electron chi connectivity index (χ3n) is 2.58. The summed E-state index contributed by atoms with van der Waals surface area (Å²) in [7, 11) is 0. The summed E-state index contributed by atoms with van der Waals surface area (Å²) in [6.45, 7) is 0. The normalized spacial score (nSPS) is 10.9. The van der Waals surface area contributed by atoms with Crippen LogP contribution in [0.5, 0.6) is 5.75 Å². The topological polar surface area (TPSA) is 46.3 Å². The molecule has 0 aliphatic heterocycles. The van der Waals surface area contributed by atoms with E-state index in [1.165, 1.54) is 0 Å². The zero-order valence-electron chi connectivity index (χ0n) is 8.72. The number of halogens is 1. The molecule has 1 heterocycles. The van der Waals surface area contributed by atoms with Crippen LogP contribution in [0.25, 0.3) is 22.2 Å². The molecule has 0 aliphatic rings. The maximum atomic E-state index is 9.37. The number of aromatic hydroxyl groups is 1. The predicted molar refractivity (Wildman–Crippen MR) is 68.8 cm³/mol. The fourth-order valence-corrected chi connectivity index (χ4v) is 2.24. The van der Waals surface area contributed by atoms with Crippen molar-refractivity contribution in [2.45, 2.75) is 0 Å². The number of hydrogen-bond donors (Lipinski definition) is 1. The molecule has 17 heavy (non-hydrogen) atoms. The summed E-state index contributed by atoms with van der Waals surface area (Å²) in [5.41, 5.74) is 1.59. The lowest BCUT2D eigenvalue weighted by molar-refractivity contribution is 0.439. The second-order valence-corrected chi connectivity index (χ2v) is 4.55. The van der Waals surface area contributed by atoms with Crippen LogP contribution >= 0.6 is 15.9 Å². The van der Waals surface area contributed by atoms with E-state index < -0.39 is 0 Å². The van der Waals surface area contributed by atoms with Crippen molar-refractivity contribution >= 4 is 26.8 Å². The van der Waals surface area contributed by atoms with Crippen molar-refractivity contribution in [2.24, 2.45) is 0 Å². The summed E-state index contributed by atoms with van der Waals surface area (Å²) < 4.78 is 6.30. The number of benzene rings is 2. The van der Waals surface area contributed by atoms with Gasteiger partial charge in [-0.1, -0.05) is 33.2 Å². The van der Waals surface area contributed by atoms with Crippen LogP contribution in [0, 0.1) is 0 Å². The van der Waals surface area contributed by atoms with Gasteiger partial charge < -0.3 is 9.63 Å². The molecule has 3 nitrogen and oxygen atoms in total. The standard InChI is InChI=1S/C13H8BrNO2/c14-11-4-2-1-3-9(11)13-10-6-5-8(16)7-12(10)15-17-13/h1-7,16H. The highest BCUT2D eigenvalue weighted by Gasteiger charge is 2.13. The summed E-state index contributed by atoms with van der Waals surface area (Å²) >= 11 is 3.48. The Morgan fingerprint density at radius 3 is 2.76 bits per heavy atom. The Bertz CT molecular complexity index is 691. The van der Waals surface area contributed by atoms with Gasteiger partial charge in [-0.15, -0.1) is 0 Å². The number of rotatable bonds is 1. The largest absolute Gasteiger partial charge is 0.508 e. The molecule has 0 spiro atoms. The number of phenolic OH excluding ortho intramolecular Hbond substituents is 1.